The Kier molecular flexibility index (Phi) is 1.76. The number of fused-ring (bicyclic) bond motifs is 2. The van der Waals surface area contributed by atoms with Crippen LogP contribution in [-0.2, 0) is 0 Å². The second kappa shape index (κ2) is 2.47. The Hall–Kier alpha value is -0.0400. The van der Waals surface area contributed by atoms with E-state index >= 15 is 0 Å². The lowest BCUT2D eigenvalue weighted by Crippen LogP contribution is -2.59. The van der Waals surface area contributed by atoms with E-state index in [0.29, 0.717) is 5.41 Å². The van der Waals surface area contributed by atoms with E-state index in [4.69, 9.17) is 0 Å². The standard InChI is InChI=1S/C11H21N/c1-7-9-5-8(11(9,2)3)6-10(7)12-4/h7-10,12H,5-6H2,1-4H3/t7-,8+,9-,10-/m1/s1. The summed E-state index contributed by atoms with van der Waals surface area (Å²) < 4.78 is 0. The molecule has 0 aliphatic heterocycles. The second-order valence-corrected chi connectivity index (χ2v) is 5.35. The van der Waals surface area contributed by atoms with E-state index < -0.39 is 0 Å². The molecule has 3 aliphatic rings. The maximum Gasteiger partial charge on any atom is 0.00953 e. The molecule has 0 spiro atoms. The first-order valence-corrected chi connectivity index (χ1v) is 5.24. The van der Waals surface area contributed by atoms with Gasteiger partial charge in [0.25, 0.3) is 0 Å². The van der Waals surface area contributed by atoms with Crippen molar-refractivity contribution in [1.82, 2.24) is 5.32 Å². The van der Waals surface area contributed by atoms with E-state index in [-0.39, 0.29) is 0 Å². The van der Waals surface area contributed by atoms with Crippen LogP contribution in [0.15, 0.2) is 0 Å². The minimum absolute atomic E-state index is 0.646. The van der Waals surface area contributed by atoms with Gasteiger partial charge in [-0.05, 0) is 43.1 Å². The van der Waals surface area contributed by atoms with Crippen LogP contribution in [0.25, 0.3) is 0 Å². The summed E-state index contributed by atoms with van der Waals surface area (Å²) in [6, 6.07) is 0.793. The quantitative estimate of drug-likeness (QED) is 0.632. The summed E-state index contributed by atoms with van der Waals surface area (Å²) in [5, 5.41) is 3.45. The Labute approximate surface area is 75.9 Å². The molecule has 0 aromatic rings. The highest BCUT2D eigenvalue weighted by Crippen LogP contribution is 2.61. The van der Waals surface area contributed by atoms with Crippen molar-refractivity contribution in [3.63, 3.8) is 0 Å². The Morgan fingerprint density at radius 1 is 1.25 bits per heavy atom. The molecule has 0 heterocycles. The van der Waals surface area contributed by atoms with Gasteiger partial charge in [0.15, 0.2) is 0 Å². The molecule has 3 fully saturated rings. The Morgan fingerprint density at radius 3 is 2.33 bits per heavy atom. The van der Waals surface area contributed by atoms with E-state index in [0.717, 1.165) is 23.8 Å². The largest absolute Gasteiger partial charge is 0.317 e. The molecule has 0 saturated heterocycles. The second-order valence-electron chi connectivity index (χ2n) is 5.35. The van der Waals surface area contributed by atoms with Gasteiger partial charge in [-0.3, -0.25) is 0 Å². The number of rotatable bonds is 1. The average Bonchev–Trinajstić information content (AvgIpc) is 2.03. The molecule has 0 radical (unpaired) electrons. The smallest absolute Gasteiger partial charge is 0.00953 e. The zero-order valence-electron chi connectivity index (χ0n) is 8.72. The van der Waals surface area contributed by atoms with Crippen LogP contribution in [0.4, 0.5) is 0 Å². The summed E-state index contributed by atoms with van der Waals surface area (Å²) in [6.07, 6.45) is 2.90. The summed E-state index contributed by atoms with van der Waals surface area (Å²) in [7, 11) is 2.11. The molecule has 1 heteroatoms. The third-order valence-corrected chi connectivity index (χ3v) is 4.72. The van der Waals surface area contributed by atoms with E-state index in [2.05, 4.69) is 33.1 Å². The highest BCUT2D eigenvalue weighted by atomic mass is 14.9. The SMILES string of the molecule is CN[C@@H]1C[C@@H]2C[C@H]([C@H]1C)C2(C)C. The third-order valence-electron chi connectivity index (χ3n) is 4.72. The fourth-order valence-corrected chi connectivity index (χ4v) is 3.53. The van der Waals surface area contributed by atoms with Crippen LogP contribution < -0.4 is 5.32 Å². The van der Waals surface area contributed by atoms with Gasteiger partial charge in [0.2, 0.25) is 0 Å². The fourth-order valence-electron chi connectivity index (χ4n) is 3.53. The lowest BCUT2D eigenvalue weighted by Gasteiger charge is -2.62. The molecule has 0 aromatic heterocycles. The maximum atomic E-state index is 3.45. The summed E-state index contributed by atoms with van der Waals surface area (Å²) in [5.74, 6) is 2.86. The molecule has 0 aromatic carbocycles. The first-order valence-electron chi connectivity index (χ1n) is 5.24. The summed E-state index contributed by atoms with van der Waals surface area (Å²) >= 11 is 0. The molecule has 0 amide bonds. The van der Waals surface area contributed by atoms with Gasteiger partial charge in [-0.1, -0.05) is 20.8 Å². The molecule has 12 heavy (non-hydrogen) atoms. The molecule has 3 rings (SSSR count). The molecule has 0 unspecified atom stereocenters. The molecule has 70 valence electrons. The third kappa shape index (κ3) is 0.891. The maximum absolute atomic E-state index is 3.45. The van der Waals surface area contributed by atoms with Crippen molar-refractivity contribution in [1.29, 1.82) is 0 Å². The lowest BCUT2D eigenvalue weighted by molar-refractivity contribution is -0.113. The van der Waals surface area contributed by atoms with E-state index in [9.17, 15) is 0 Å². The highest BCUT2D eigenvalue weighted by Gasteiger charge is 2.55. The normalized spacial score (nSPS) is 50.0. The van der Waals surface area contributed by atoms with Gasteiger partial charge in [0.05, 0.1) is 0 Å². The van der Waals surface area contributed by atoms with Gasteiger partial charge in [-0.2, -0.15) is 0 Å². The van der Waals surface area contributed by atoms with Gasteiger partial charge in [0, 0.05) is 6.04 Å². The van der Waals surface area contributed by atoms with Crippen LogP contribution in [0, 0.1) is 23.2 Å². The van der Waals surface area contributed by atoms with Crippen LogP contribution in [0.1, 0.15) is 33.6 Å². The molecular weight excluding hydrogens is 146 g/mol. The van der Waals surface area contributed by atoms with Gasteiger partial charge >= 0.3 is 0 Å². The van der Waals surface area contributed by atoms with Crippen molar-refractivity contribution in [2.75, 3.05) is 7.05 Å². The van der Waals surface area contributed by atoms with Crippen LogP contribution in [0.5, 0.6) is 0 Å². The Bertz CT molecular complexity index is 185. The zero-order chi connectivity index (χ0) is 8.93. The first-order chi connectivity index (χ1) is 5.57. The van der Waals surface area contributed by atoms with E-state index in [1.807, 2.05) is 0 Å². The van der Waals surface area contributed by atoms with Gasteiger partial charge in [-0.15, -0.1) is 0 Å². The number of nitrogens with one attached hydrogen (secondary N) is 1. The predicted octanol–water partition coefficient (Wildman–Crippen LogP) is 2.28. The molecule has 3 saturated carbocycles. The van der Waals surface area contributed by atoms with Crippen LogP contribution >= 0.6 is 0 Å². The van der Waals surface area contributed by atoms with Gasteiger partial charge in [0.1, 0.15) is 0 Å². The van der Waals surface area contributed by atoms with Crippen molar-refractivity contribution in [2.45, 2.75) is 39.7 Å². The Balaban J connectivity index is 2.11. The fraction of sp³-hybridized carbons (Fsp3) is 1.00. The van der Waals surface area contributed by atoms with Gasteiger partial charge < -0.3 is 5.32 Å². The van der Waals surface area contributed by atoms with Crippen molar-refractivity contribution in [3.05, 3.63) is 0 Å². The summed E-state index contributed by atoms with van der Waals surface area (Å²) in [5.41, 5.74) is 0.646. The molecule has 2 bridgehead atoms. The van der Waals surface area contributed by atoms with Crippen molar-refractivity contribution >= 4 is 0 Å². The summed E-state index contributed by atoms with van der Waals surface area (Å²) in [4.78, 5) is 0. The number of hydrogen-bond donors (Lipinski definition) is 1. The monoisotopic (exact) mass is 167 g/mol. The zero-order valence-corrected chi connectivity index (χ0v) is 8.72. The van der Waals surface area contributed by atoms with E-state index in [1.54, 1.807) is 0 Å². The Morgan fingerprint density at radius 2 is 1.92 bits per heavy atom. The molecule has 3 aliphatic carbocycles. The van der Waals surface area contributed by atoms with Crippen LogP contribution in [-0.4, -0.2) is 13.1 Å². The van der Waals surface area contributed by atoms with Crippen LogP contribution in [0.3, 0.4) is 0 Å². The minimum Gasteiger partial charge on any atom is -0.317 e. The molecule has 4 atom stereocenters. The minimum atomic E-state index is 0.646. The summed E-state index contributed by atoms with van der Waals surface area (Å²) in [6.45, 7) is 7.32. The van der Waals surface area contributed by atoms with Crippen molar-refractivity contribution in [3.8, 4) is 0 Å². The predicted molar refractivity (Wildman–Crippen MR) is 52.0 cm³/mol. The molecule has 1 nitrogen and oxygen atoms in total. The molecular formula is C11H21N. The molecule has 1 N–H and O–H groups in total. The first kappa shape index (κ1) is 8.55. The van der Waals surface area contributed by atoms with Gasteiger partial charge in [-0.25, -0.2) is 0 Å². The number of hydrogen-bond acceptors (Lipinski definition) is 1. The van der Waals surface area contributed by atoms with E-state index in [1.165, 1.54) is 12.8 Å². The van der Waals surface area contributed by atoms with Crippen molar-refractivity contribution in [2.24, 2.45) is 23.2 Å². The average molecular weight is 167 g/mol. The lowest BCUT2D eigenvalue weighted by atomic mass is 9.45. The highest BCUT2D eigenvalue weighted by molar-refractivity contribution is 5.06. The van der Waals surface area contributed by atoms with Crippen LogP contribution in [0.2, 0.25) is 0 Å². The van der Waals surface area contributed by atoms with Crippen molar-refractivity contribution < 1.29 is 0 Å². The topological polar surface area (TPSA) is 12.0 Å².